The number of pyridine rings is 1. The van der Waals surface area contributed by atoms with Gasteiger partial charge >= 0.3 is 0 Å². The minimum atomic E-state index is -0.102. The Morgan fingerprint density at radius 3 is 2.90 bits per heavy atom. The lowest BCUT2D eigenvalue weighted by Crippen LogP contribution is -2.22. The summed E-state index contributed by atoms with van der Waals surface area (Å²) in [6.45, 7) is 2.28. The monoisotopic (exact) mass is 299 g/mol. The number of aryl methyl sites for hydroxylation is 1. The summed E-state index contributed by atoms with van der Waals surface area (Å²) >= 11 is 1.43. The number of nitrogens with zero attached hydrogens (tertiary/aromatic N) is 3. The van der Waals surface area contributed by atoms with Crippen molar-refractivity contribution in [2.45, 2.75) is 13.5 Å². The number of nitrogens with one attached hydrogen (secondary N) is 2. The highest BCUT2D eigenvalue weighted by Crippen LogP contribution is 2.14. The zero-order chi connectivity index (χ0) is 14.7. The molecule has 7 heteroatoms. The minimum Gasteiger partial charge on any atom is -0.344 e. The Labute approximate surface area is 125 Å². The normalized spacial score (nSPS) is 10.5. The van der Waals surface area contributed by atoms with Gasteiger partial charge in [-0.1, -0.05) is 0 Å². The summed E-state index contributed by atoms with van der Waals surface area (Å²) in [6.07, 6.45) is 3.37. The van der Waals surface area contributed by atoms with Gasteiger partial charge in [-0.05, 0) is 36.1 Å². The van der Waals surface area contributed by atoms with Gasteiger partial charge in [0.05, 0.1) is 11.4 Å². The summed E-state index contributed by atoms with van der Waals surface area (Å²) in [7, 11) is 0. The van der Waals surface area contributed by atoms with E-state index >= 15 is 0 Å². The molecule has 0 bridgehead atoms. The molecule has 0 fully saturated rings. The van der Waals surface area contributed by atoms with Gasteiger partial charge in [0.2, 0.25) is 0 Å². The van der Waals surface area contributed by atoms with E-state index in [1.165, 1.54) is 11.3 Å². The van der Waals surface area contributed by atoms with Crippen molar-refractivity contribution in [3.63, 3.8) is 0 Å². The summed E-state index contributed by atoms with van der Waals surface area (Å²) in [5.41, 5.74) is 1.97. The first kappa shape index (κ1) is 13.4. The highest BCUT2D eigenvalue weighted by molar-refractivity contribution is 7.12. The number of H-pyrrole nitrogens is 1. The molecular weight excluding hydrogens is 286 g/mol. The van der Waals surface area contributed by atoms with Gasteiger partial charge < -0.3 is 5.32 Å². The molecule has 0 unspecified atom stereocenters. The van der Waals surface area contributed by atoms with Crippen LogP contribution < -0.4 is 5.32 Å². The number of hydrogen-bond donors (Lipinski definition) is 2. The molecule has 0 aliphatic heterocycles. The van der Waals surface area contributed by atoms with E-state index in [1.807, 2.05) is 30.5 Å². The lowest BCUT2D eigenvalue weighted by molar-refractivity contribution is 0.0954. The number of rotatable bonds is 4. The molecule has 6 nitrogen and oxygen atoms in total. The van der Waals surface area contributed by atoms with Crippen LogP contribution in [-0.2, 0) is 6.54 Å². The quantitative estimate of drug-likeness (QED) is 0.773. The maximum atomic E-state index is 11.9. The predicted octanol–water partition coefficient (Wildman–Crippen LogP) is 2.17. The molecule has 0 aliphatic rings. The van der Waals surface area contributed by atoms with Crippen LogP contribution in [0.25, 0.3) is 11.4 Å². The number of carbonyl (C=O) groups excluding carboxylic acids is 1. The van der Waals surface area contributed by atoms with E-state index in [0.29, 0.717) is 23.1 Å². The molecule has 3 aromatic heterocycles. The van der Waals surface area contributed by atoms with E-state index in [4.69, 9.17) is 0 Å². The molecule has 2 N–H and O–H groups in total. The minimum absolute atomic E-state index is 0.102. The van der Waals surface area contributed by atoms with Gasteiger partial charge in [0.15, 0.2) is 5.82 Å². The Morgan fingerprint density at radius 1 is 1.38 bits per heavy atom. The largest absolute Gasteiger partial charge is 0.344 e. The molecule has 1 amide bonds. The van der Waals surface area contributed by atoms with Crippen LogP contribution in [0, 0.1) is 6.92 Å². The molecule has 21 heavy (non-hydrogen) atoms. The van der Waals surface area contributed by atoms with Gasteiger partial charge in [0.1, 0.15) is 5.82 Å². The van der Waals surface area contributed by atoms with E-state index in [1.54, 1.807) is 12.4 Å². The number of carbonyl (C=O) groups is 1. The van der Waals surface area contributed by atoms with Crippen LogP contribution in [0.2, 0.25) is 0 Å². The molecule has 0 aromatic carbocycles. The van der Waals surface area contributed by atoms with Gasteiger partial charge in [0, 0.05) is 18.0 Å². The van der Waals surface area contributed by atoms with Crippen LogP contribution >= 0.6 is 11.3 Å². The molecule has 0 saturated heterocycles. The van der Waals surface area contributed by atoms with Crippen molar-refractivity contribution >= 4 is 17.2 Å². The molecule has 3 heterocycles. The van der Waals surface area contributed by atoms with Crippen LogP contribution in [0.5, 0.6) is 0 Å². The fourth-order valence-electron chi connectivity index (χ4n) is 1.81. The third kappa shape index (κ3) is 3.14. The maximum absolute atomic E-state index is 11.9. The molecule has 3 aromatic rings. The van der Waals surface area contributed by atoms with Crippen molar-refractivity contribution in [1.82, 2.24) is 25.5 Å². The van der Waals surface area contributed by atoms with Crippen LogP contribution in [0.3, 0.4) is 0 Å². The van der Waals surface area contributed by atoms with Gasteiger partial charge in [-0.25, -0.2) is 4.98 Å². The second-order valence-corrected chi connectivity index (χ2v) is 5.42. The lowest BCUT2D eigenvalue weighted by atomic mass is 10.2. The molecule has 106 valence electrons. The van der Waals surface area contributed by atoms with Gasteiger partial charge in [-0.3, -0.25) is 14.9 Å². The maximum Gasteiger partial charge on any atom is 0.261 e. The SMILES string of the molecule is Cc1csc(C(=O)NCc2nc(-c3ccncc3)n[nH]2)c1. The predicted molar refractivity (Wildman–Crippen MR) is 79.8 cm³/mol. The van der Waals surface area contributed by atoms with Crippen molar-refractivity contribution in [2.75, 3.05) is 0 Å². The van der Waals surface area contributed by atoms with Crippen LogP contribution in [-0.4, -0.2) is 26.1 Å². The van der Waals surface area contributed by atoms with E-state index in [0.717, 1.165) is 11.1 Å². The topological polar surface area (TPSA) is 83.6 Å². The fraction of sp³-hybridized carbons (Fsp3) is 0.143. The second kappa shape index (κ2) is 5.84. The summed E-state index contributed by atoms with van der Waals surface area (Å²) in [5.74, 6) is 1.10. The zero-order valence-electron chi connectivity index (χ0n) is 11.3. The zero-order valence-corrected chi connectivity index (χ0v) is 12.1. The number of aromatic amines is 1. The number of aromatic nitrogens is 4. The Hall–Kier alpha value is -2.54. The van der Waals surface area contributed by atoms with E-state index in [-0.39, 0.29) is 5.91 Å². The molecule has 0 aliphatic carbocycles. The molecule has 0 radical (unpaired) electrons. The number of hydrogen-bond acceptors (Lipinski definition) is 5. The van der Waals surface area contributed by atoms with E-state index < -0.39 is 0 Å². The summed E-state index contributed by atoms with van der Waals surface area (Å²) in [4.78, 5) is 20.9. The van der Waals surface area contributed by atoms with E-state index in [2.05, 4.69) is 25.5 Å². The summed E-state index contributed by atoms with van der Waals surface area (Å²) in [6, 6.07) is 5.53. The number of amides is 1. The highest BCUT2D eigenvalue weighted by Gasteiger charge is 2.10. The average Bonchev–Trinajstić information content (AvgIpc) is 3.15. The van der Waals surface area contributed by atoms with Crippen molar-refractivity contribution < 1.29 is 4.79 Å². The van der Waals surface area contributed by atoms with Crippen molar-refractivity contribution in [1.29, 1.82) is 0 Å². The van der Waals surface area contributed by atoms with Crippen LogP contribution in [0.1, 0.15) is 21.1 Å². The molecule has 3 rings (SSSR count). The summed E-state index contributed by atoms with van der Waals surface area (Å²) in [5, 5.41) is 11.7. The van der Waals surface area contributed by atoms with Gasteiger partial charge in [-0.2, -0.15) is 5.10 Å². The van der Waals surface area contributed by atoms with Crippen LogP contribution in [0.15, 0.2) is 36.0 Å². The third-order valence-corrected chi connectivity index (χ3v) is 3.89. The molecule has 0 atom stereocenters. The van der Waals surface area contributed by atoms with Gasteiger partial charge in [0.25, 0.3) is 5.91 Å². The smallest absolute Gasteiger partial charge is 0.261 e. The highest BCUT2D eigenvalue weighted by atomic mass is 32.1. The van der Waals surface area contributed by atoms with Crippen molar-refractivity contribution in [3.05, 3.63) is 52.2 Å². The first-order chi connectivity index (χ1) is 10.2. The van der Waals surface area contributed by atoms with Crippen molar-refractivity contribution in [3.8, 4) is 11.4 Å². The fourth-order valence-corrected chi connectivity index (χ4v) is 2.62. The first-order valence-electron chi connectivity index (χ1n) is 6.37. The summed E-state index contributed by atoms with van der Waals surface area (Å²) < 4.78 is 0. The Morgan fingerprint density at radius 2 is 2.19 bits per heavy atom. The molecular formula is C14H13N5OS. The third-order valence-electron chi connectivity index (χ3n) is 2.84. The van der Waals surface area contributed by atoms with E-state index in [9.17, 15) is 4.79 Å². The Bertz CT molecular complexity index is 750. The Balaban J connectivity index is 1.64. The number of thiophene rings is 1. The van der Waals surface area contributed by atoms with Gasteiger partial charge in [-0.15, -0.1) is 11.3 Å². The Kier molecular flexibility index (Phi) is 3.74. The average molecular weight is 299 g/mol. The van der Waals surface area contributed by atoms with Crippen molar-refractivity contribution in [2.24, 2.45) is 0 Å². The lowest BCUT2D eigenvalue weighted by Gasteiger charge is -1.99. The first-order valence-corrected chi connectivity index (χ1v) is 7.25. The van der Waals surface area contributed by atoms with Crippen LogP contribution in [0.4, 0.5) is 0 Å². The molecule has 0 spiro atoms. The standard InChI is InChI=1S/C14H13N5OS/c1-9-6-11(21-8-9)14(20)16-7-12-17-13(19-18-12)10-2-4-15-5-3-10/h2-6,8H,7H2,1H3,(H,16,20)(H,17,18,19). The molecule has 0 saturated carbocycles. The second-order valence-electron chi connectivity index (χ2n) is 4.51.